The molecule has 0 N–H and O–H groups in total. The molecule has 0 heterocycles. The van der Waals surface area contributed by atoms with Crippen LogP contribution in [0, 0.1) is 70.5 Å². The van der Waals surface area contributed by atoms with E-state index in [9.17, 15) is 0 Å². The Morgan fingerprint density at radius 2 is 1.50 bits per heavy atom. The van der Waals surface area contributed by atoms with E-state index >= 15 is 0 Å². The van der Waals surface area contributed by atoms with Crippen molar-refractivity contribution < 1.29 is 0 Å². The first kappa shape index (κ1) is 21.4. The molecule has 1 heteroatoms. The van der Waals surface area contributed by atoms with Gasteiger partial charge in [-0.1, -0.05) is 91.3 Å². The minimum atomic E-state index is 0.686. The SMILES string of the molecule is CCC1C(C(C)C(C)C(C)C(C)C)C(I)C2C1C(C)C2C(C)C1(C)CC1. The van der Waals surface area contributed by atoms with E-state index in [0.29, 0.717) is 5.41 Å². The third-order valence-electron chi connectivity index (χ3n) is 10.3. The molecule has 3 aliphatic rings. The molecule has 0 spiro atoms. The van der Waals surface area contributed by atoms with Crippen molar-refractivity contribution in [2.45, 2.75) is 85.5 Å². The molecule has 0 aliphatic heterocycles. The Balaban J connectivity index is 1.80. The average molecular weight is 473 g/mol. The Morgan fingerprint density at radius 3 is 1.96 bits per heavy atom. The minimum absolute atomic E-state index is 0.686. The van der Waals surface area contributed by atoms with Crippen molar-refractivity contribution in [1.82, 2.24) is 0 Å². The third-order valence-corrected chi connectivity index (χ3v) is 12.0. The van der Waals surface area contributed by atoms with Crippen LogP contribution in [0.4, 0.5) is 0 Å². The van der Waals surface area contributed by atoms with E-state index in [1.807, 2.05) is 0 Å². The van der Waals surface area contributed by atoms with Gasteiger partial charge in [-0.3, -0.25) is 0 Å². The molecule has 0 aromatic carbocycles. The summed E-state index contributed by atoms with van der Waals surface area (Å²) in [6, 6.07) is 0. The topological polar surface area (TPSA) is 0 Å². The van der Waals surface area contributed by atoms with Crippen molar-refractivity contribution in [3.8, 4) is 0 Å². The summed E-state index contributed by atoms with van der Waals surface area (Å²) in [7, 11) is 0. The summed E-state index contributed by atoms with van der Waals surface area (Å²) >= 11 is 2.92. The van der Waals surface area contributed by atoms with Crippen LogP contribution in [0.1, 0.15) is 81.6 Å². The number of hydrogen-bond acceptors (Lipinski definition) is 0. The first-order valence-corrected chi connectivity index (χ1v) is 12.9. The summed E-state index contributed by atoms with van der Waals surface area (Å²) in [5.74, 6) is 10.2. The Hall–Kier alpha value is 0.730. The summed E-state index contributed by atoms with van der Waals surface area (Å²) < 4.78 is 0.908. The van der Waals surface area contributed by atoms with Gasteiger partial charge in [0.2, 0.25) is 0 Å². The van der Waals surface area contributed by atoms with Gasteiger partial charge >= 0.3 is 0 Å². The highest BCUT2D eigenvalue weighted by molar-refractivity contribution is 14.1. The molecule has 0 radical (unpaired) electrons. The molecule has 0 nitrogen and oxygen atoms in total. The standard InChI is InChI=1S/C25H45I/c1-10-19-21-17(7)20(18(8)25(9)11-12-25)23(21)24(26)22(19)16(6)15(5)14(4)13(2)3/h13-24H,10-12H2,1-9H3. The lowest BCUT2D eigenvalue weighted by Crippen LogP contribution is -2.51. The van der Waals surface area contributed by atoms with Gasteiger partial charge in [0.25, 0.3) is 0 Å². The normalized spacial score (nSPS) is 45.6. The van der Waals surface area contributed by atoms with Crippen LogP contribution in [0.2, 0.25) is 0 Å². The molecule has 11 unspecified atom stereocenters. The molecule has 11 atom stereocenters. The van der Waals surface area contributed by atoms with E-state index in [0.717, 1.165) is 69.0 Å². The summed E-state index contributed by atoms with van der Waals surface area (Å²) in [6.07, 6.45) is 4.38. The molecule has 0 aromatic heterocycles. The van der Waals surface area contributed by atoms with E-state index in [4.69, 9.17) is 0 Å². The molecule has 0 amide bonds. The van der Waals surface area contributed by atoms with Gasteiger partial charge in [0.05, 0.1) is 0 Å². The molecule has 0 aromatic rings. The summed E-state index contributed by atoms with van der Waals surface area (Å²) in [5.41, 5.74) is 0.686. The molecule has 3 saturated carbocycles. The number of alkyl halides is 1. The number of rotatable bonds is 7. The first-order valence-electron chi connectivity index (χ1n) is 11.7. The van der Waals surface area contributed by atoms with Gasteiger partial charge in [-0.15, -0.1) is 0 Å². The third kappa shape index (κ3) is 3.22. The van der Waals surface area contributed by atoms with Crippen LogP contribution in [0.25, 0.3) is 0 Å². The highest BCUT2D eigenvalue weighted by Crippen LogP contribution is 2.70. The van der Waals surface area contributed by atoms with Crippen molar-refractivity contribution >= 4 is 22.6 Å². The second-order valence-corrected chi connectivity index (χ2v) is 12.9. The molecule has 0 bridgehead atoms. The second-order valence-electron chi connectivity index (χ2n) is 11.4. The molecular weight excluding hydrogens is 427 g/mol. The predicted molar refractivity (Wildman–Crippen MR) is 124 cm³/mol. The summed E-state index contributed by atoms with van der Waals surface area (Å²) in [6.45, 7) is 22.8. The fourth-order valence-electron chi connectivity index (χ4n) is 7.48. The molecule has 3 aliphatic carbocycles. The van der Waals surface area contributed by atoms with Crippen molar-refractivity contribution in [3.63, 3.8) is 0 Å². The second kappa shape index (κ2) is 7.52. The fourth-order valence-corrected chi connectivity index (χ4v) is 9.63. The molecule has 26 heavy (non-hydrogen) atoms. The highest BCUT2D eigenvalue weighted by atomic mass is 127. The predicted octanol–water partition coefficient (Wildman–Crippen LogP) is 7.94. The van der Waals surface area contributed by atoms with E-state index in [1.165, 1.54) is 19.3 Å². The van der Waals surface area contributed by atoms with E-state index < -0.39 is 0 Å². The van der Waals surface area contributed by atoms with Crippen LogP contribution in [0.15, 0.2) is 0 Å². The van der Waals surface area contributed by atoms with Gasteiger partial charge < -0.3 is 0 Å². The van der Waals surface area contributed by atoms with Crippen molar-refractivity contribution in [1.29, 1.82) is 0 Å². The van der Waals surface area contributed by atoms with Gasteiger partial charge in [-0.05, 0) is 83.4 Å². The van der Waals surface area contributed by atoms with E-state index in [2.05, 4.69) is 84.9 Å². The van der Waals surface area contributed by atoms with Gasteiger partial charge in [0.1, 0.15) is 0 Å². The fraction of sp³-hybridized carbons (Fsp3) is 1.00. The smallest absolute Gasteiger partial charge is 0.0177 e. The maximum absolute atomic E-state index is 2.92. The highest BCUT2D eigenvalue weighted by Gasteiger charge is 2.65. The largest absolute Gasteiger partial charge is 0.0820 e. The number of hydrogen-bond donors (Lipinski definition) is 0. The molecule has 3 rings (SSSR count). The quantitative estimate of drug-likeness (QED) is 0.261. The first-order chi connectivity index (χ1) is 12.1. The number of halogens is 1. The van der Waals surface area contributed by atoms with Gasteiger partial charge in [0.15, 0.2) is 0 Å². The number of fused-ring (bicyclic) bond motifs is 1. The van der Waals surface area contributed by atoms with Crippen LogP contribution in [-0.4, -0.2) is 3.92 Å². The van der Waals surface area contributed by atoms with E-state index in [1.54, 1.807) is 0 Å². The lowest BCUT2D eigenvalue weighted by atomic mass is 9.51. The monoisotopic (exact) mass is 472 g/mol. The van der Waals surface area contributed by atoms with Crippen LogP contribution in [0.3, 0.4) is 0 Å². The zero-order chi connectivity index (χ0) is 19.5. The molecule has 152 valence electrons. The zero-order valence-electron chi connectivity index (χ0n) is 18.9. The van der Waals surface area contributed by atoms with Gasteiger partial charge in [-0.25, -0.2) is 0 Å². The maximum atomic E-state index is 2.92. The van der Waals surface area contributed by atoms with Crippen molar-refractivity contribution in [2.75, 3.05) is 0 Å². The van der Waals surface area contributed by atoms with E-state index in [-0.39, 0.29) is 0 Å². The average Bonchev–Trinajstić information content (AvgIpc) is 3.29. The molecule has 3 fully saturated rings. The molecule has 0 saturated heterocycles. The molecular formula is C25H45I. The van der Waals surface area contributed by atoms with Crippen LogP contribution in [0.5, 0.6) is 0 Å². The zero-order valence-corrected chi connectivity index (χ0v) is 21.1. The van der Waals surface area contributed by atoms with Gasteiger partial charge in [0, 0.05) is 3.92 Å². The Bertz CT molecular complexity index is 492. The summed E-state index contributed by atoms with van der Waals surface area (Å²) in [4.78, 5) is 0. The Labute approximate surface area is 178 Å². The minimum Gasteiger partial charge on any atom is -0.0820 e. The Morgan fingerprint density at radius 1 is 0.923 bits per heavy atom. The van der Waals surface area contributed by atoms with Crippen molar-refractivity contribution in [2.24, 2.45) is 70.5 Å². The van der Waals surface area contributed by atoms with Crippen molar-refractivity contribution in [3.05, 3.63) is 0 Å². The Kier molecular flexibility index (Phi) is 6.20. The van der Waals surface area contributed by atoms with Gasteiger partial charge in [-0.2, -0.15) is 0 Å². The van der Waals surface area contributed by atoms with Crippen LogP contribution < -0.4 is 0 Å². The lowest BCUT2D eigenvalue weighted by molar-refractivity contribution is -0.0597. The lowest BCUT2D eigenvalue weighted by Gasteiger charge is -2.54. The van der Waals surface area contributed by atoms with Crippen LogP contribution >= 0.6 is 22.6 Å². The van der Waals surface area contributed by atoms with Crippen LogP contribution in [-0.2, 0) is 0 Å². The summed E-state index contributed by atoms with van der Waals surface area (Å²) in [5, 5.41) is 0. The maximum Gasteiger partial charge on any atom is 0.0177 e.